The summed E-state index contributed by atoms with van der Waals surface area (Å²) in [4.78, 5) is 12.0. The predicted molar refractivity (Wildman–Crippen MR) is 87.0 cm³/mol. The summed E-state index contributed by atoms with van der Waals surface area (Å²) in [6.45, 7) is 1.72. The van der Waals surface area contributed by atoms with Crippen LogP contribution in [0.4, 0.5) is 5.69 Å². The minimum absolute atomic E-state index is 0.189. The largest absolute Gasteiger partial charge is 0.481 e. The van der Waals surface area contributed by atoms with Crippen LogP contribution in [0.1, 0.15) is 6.92 Å². The molecule has 0 aliphatic carbocycles. The van der Waals surface area contributed by atoms with Crippen molar-refractivity contribution < 1.29 is 9.53 Å². The fourth-order valence-corrected chi connectivity index (χ4v) is 2.24. The zero-order valence-electron chi connectivity index (χ0n) is 10.8. The first kappa shape index (κ1) is 15.1. The van der Waals surface area contributed by atoms with Gasteiger partial charge in [-0.05, 0) is 49.4 Å². The second-order valence-corrected chi connectivity index (χ2v) is 6.04. The SMILES string of the molecule is C[C@H](Oc1ccc(Br)cc1)C(=O)Nc1cccc(Br)c1. The van der Waals surface area contributed by atoms with E-state index in [0.717, 1.165) is 14.6 Å². The van der Waals surface area contributed by atoms with Gasteiger partial charge in [-0.1, -0.05) is 37.9 Å². The van der Waals surface area contributed by atoms with Crippen LogP contribution in [0.25, 0.3) is 0 Å². The number of carbonyl (C=O) groups excluding carboxylic acids is 1. The molecule has 0 aliphatic rings. The van der Waals surface area contributed by atoms with E-state index < -0.39 is 6.10 Å². The second-order valence-electron chi connectivity index (χ2n) is 4.21. The lowest BCUT2D eigenvalue weighted by atomic mass is 10.3. The molecule has 0 fully saturated rings. The average molecular weight is 399 g/mol. The number of hydrogen-bond donors (Lipinski definition) is 1. The van der Waals surface area contributed by atoms with Crippen molar-refractivity contribution in [1.29, 1.82) is 0 Å². The van der Waals surface area contributed by atoms with Gasteiger partial charge < -0.3 is 10.1 Å². The van der Waals surface area contributed by atoms with Crippen molar-refractivity contribution >= 4 is 43.5 Å². The van der Waals surface area contributed by atoms with E-state index in [-0.39, 0.29) is 5.91 Å². The first-order chi connectivity index (χ1) is 9.54. The van der Waals surface area contributed by atoms with E-state index >= 15 is 0 Å². The normalized spacial score (nSPS) is 11.8. The standard InChI is InChI=1S/C15H13Br2NO2/c1-10(20-14-7-5-11(16)6-8-14)15(19)18-13-4-2-3-12(17)9-13/h2-10H,1H3,(H,18,19)/t10-/m0/s1. The van der Waals surface area contributed by atoms with Crippen LogP contribution in [-0.4, -0.2) is 12.0 Å². The Morgan fingerprint density at radius 2 is 1.80 bits per heavy atom. The summed E-state index contributed by atoms with van der Waals surface area (Å²) < 4.78 is 7.47. The van der Waals surface area contributed by atoms with Crippen molar-refractivity contribution in [3.05, 3.63) is 57.5 Å². The zero-order valence-corrected chi connectivity index (χ0v) is 13.9. The Morgan fingerprint density at radius 3 is 2.45 bits per heavy atom. The van der Waals surface area contributed by atoms with E-state index in [1.165, 1.54) is 0 Å². The number of amides is 1. The van der Waals surface area contributed by atoms with Crippen LogP contribution >= 0.6 is 31.9 Å². The van der Waals surface area contributed by atoms with Crippen molar-refractivity contribution in [3.63, 3.8) is 0 Å². The van der Waals surface area contributed by atoms with Crippen molar-refractivity contribution in [2.45, 2.75) is 13.0 Å². The van der Waals surface area contributed by atoms with Crippen LogP contribution < -0.4 is 10.1 Å². The average Bonchev–Trinajstić information content (AvgIpc) is 2.41. The Hall–Kier alpha value is -1.33. The van der Waals surface area contributed by atoms with E-state index in [0.29, 0.717) is 5.75 Å². The molecule has 0 aromatic heterocycles. The molecule has 0 heterocycles. The van der Waals surface area contributed by atoms with Crippen molar-refractivity contribution in [1.82, 2.24) is 0 Å². The van der Waals surface area contributed by atoms with Gasteiger partial charge in [-0.2, -0.15) is 0 Å². The van der Waals surface area contributed by atoms with Gasteiger partial charge in [0, 0.05) is 14.6 Å². The van der Waals surface area contributed by atoms with Gasteiger partial charge in [0.05, 0.1) is 0 Å². The molecule has 1 amide bonds. The summed E-state index contributed by atoms with van der Waals surface area (Å²) in [7, 11) is 0. The molecular formula is C15H13Br2NO2. The number of carbonyl (C=O) groups is 1. The highest BCUT2D eigenvalue weighted by Crippen LogP contribution is 2.19. The third-order valence-corrected chi connectivity index (χ3v) is 3.61. The number of halogens is 2. The fraction of sp³-hybridized carbons (Fsp3) is 0.133. The quantitative estimate of drug-likeness (QED) is 0.815. The lowest BCUT2D eigenvalue weighted by Crippen LogP contribution is -2.30. The van der Waals surface area contributed by atoms with Gasteiger partial charge in [0.2, 0.25) is 0 Å². The van der Waals surface area contributed by atoms with E-state index in [1.54, 1.807) is 6.92 Å². The molecule has 0 radical (unpaired) electrons. The van der Waals surface area contributed by atoms with Gasteiger partial charge in [0.15, 0.2) is 6.10 Å². The maximum absolute atomic E-state index is 12.0. The molecule has 2 aromatic carbocycles. The molecule has 2 aromatic rings. The highest BCUT2D eigenvalue weighted by Gasteiger charge is 2.14. The number of anilines is 1. The number of rotatable bonds is 4. The first-order valence-electron chi connectivity index (χ1n) is 6.03. The van der Waals surface area contributed by atoms with Crippen LogP contribution in [0, 0.1) is 0 Å². The van der Waals surface area contributed by atoms with E-state index in [9.17, 15) is 4.79 Å². The molecule has 1 atom stereocenters. The van der Waals surface area contributed by atoms with Crippen molar-refractivity contribution in [2.75, 3.05) is 5.32 Å². The summed E-state index contributed by atoms with van der Waals surface area (Å²) in [5.41, 5.74) is 0.732. The maximum Gasteiger partial charge on any atom is 0.265 e. The summed E-state index contributed by atoms with van der Waals surface area (Å²) in [5, 5.41) is 2.81. The van der Waals surface area contributed by atoms with Crippen LogP contribution in [-0.2, 0) is 4.79 Å². The summed E-state index contributed by atoms with van der Waals surface area (Å²) in [6.07, 6.45) is -0.574. The highest BCUT2D eigenvalue weighted by molar-refractivity contribution is 9.10. The van der Waals surface area contributed by atoms with Gasteiger partial charge in [-0.25, -0.2) is 0 Å². The number of benzene rings is 2. The predicted octanol–water partition coefficient (Wildman–Crippen LogP) is 4.62. The first-order valence-corrected chi connectivity index (χ1v) is 7.62. The van der Waals surface area contributed by atoms with Gasteiger partial charge >= 0.3 is 0 Å². The Bertz CT molecular complexity index is 599. The Balaban J connectivity index is 1.96. The van der Waals surface area contributed by atoms with E-state index in [1.807, 2.05) is 48.5 Å². The molecule has 0 saturated carbocycles. The summed E-state index contributed by atoms with van der Waals surface area (Å²) in [5.74, 6) is 0.469. The van der Waals surface area contributed by atoms with Crippen LogP contribution in [0.15, 0.2) is 57.5 Å². The Labute approximate surface area is 134 Å². The molecule has 0 unspecified atom stereocenters. The minimum Gasteiger partial charge on any atom is -0.481 e. The summed E-state index contributed by atoms with van der Waals surface area (Å²) >= 11 is 6.71. The Morgan fingerprint density at radius 1 is 1.10 bits per heavy atom. The molecule has 0 saturated heterocycles. The number of hydrogen-bond acceptors (Lipinski definition) is 2. The molecule has 0 aliphatic heterocycles. The Kier molecular flexibility index (Phi) is 5.20. The van der Waals surface area contributed by atoms with Crippen LogP contribution in [0.5, 0.6) is 5.75 Å². The second kappa shape index (κ2) is 6.90. The molecule has 5 heteroatoms. The van der Waals surface area contributed by atoms with Gasteiger partial charge in [-0.15, -0.1) is 0 Å². The molecule has 20 heavy (non-hydrogen) atoms. The fourth-order valence-electron chi connectivity index (χ4n) is 1.58. The van der Waals surface area contributed by atoms with Crippen LogP contribution in [0.3, 0.4) is 0 Å². The van der Waals surface area contributed by atoms with Gasteiger partial charge in [0.1, 0.15) is 5.75 Å². The molecule has 2 rings (SSSR count). The van der Waals surface area contributed by atoms with Crippen molar-refractivity contribution in [2.24, 2.45) is 0 Å². The lowest BCUT2D eigenvalue weighted by Gasteiger charge is -2.15. The topological polar surface area (TPSA) is 38.3 Å². The smallest absolute Gasteiger partial charge is 0.265 e. The third-order valence-electron chi connectivity index (χ3n) is 2.59. The number of ether oxygens (including phenoxy) is 1. The minimum atomic E-state index is -0.574. The lowest BCUT2D eigenvalue weighted by molar-refractivity contribution is -0.122. The van der Waals surface area contributed by atoms with Gasteiger partial charge in [0.25, 0.3) is 5.91 Å². The molecule has 0 bridgehead atoms. The molecule has 0 spiro atoms. The maximum atomic E-state index is 12.0. The van der Waals surface area contributed by atoms with Gasteiger partial charge in [-0.3, -0.25) is 4.79 Å². The summed E-state index contributed by atoms with van der Waals surface area (Å²) in [6, 6.07) is 14.8. The van der Waals surface area contributed by atoms with Crippen LogP contribution in [0.2, 0.25) is 0 Å². The monoisotopic (exact) mass is 397 g/mol. The van der Waals surface area contributed by atoms with E-state index in [2.05, 4.69) is 37.2 Å². The zero-order chi connectivity index (χ0) is 14.5. The number of nitrogens with one attached hydrogen (secondary N) is 1. The van der Waals surface area contributed by atoms with E-state index in [4.69, 9.17) is 4.74 Å². The molecular weight excluding hydrogens is 386 g/mol. The highest BCUT2D eigenvalue weighted by atomic mass is 79.9. The van der Waals surface area contributed by atoms with Crippen molar-refractivity contribution in [3.8, 4) is 5.75 Å². The molecule has 1 N–H and O–H groups in total. The third kappa shape index (κ3) is 4.35. The molecule has 104 valence electrons. The molecule has 3 nitrogen and oxygen atoms in total.